The first kappa shape index (κ1) is 14.8. The molecule has 0 aliphatic carbocycles. The molecule has 0 saturated heterocycles. The standard InChI is InChI=1S/C16H18N2O3/c1-10-6-7-13(9-11(10)2)18-15(19)12(3)17-16(20)14-5-4-8-21-14/h4-9,12H,1-3H3,(H,17,20)(H,18,19)/t12-/m0/s1. The van der Waals surface area contributed by atoms with E-state index in [2.05, 4.69) is 10.6 Å². The fraction of sp³-hybridized carbons (Fsp3) is 0.250. The number of anilines is 1. The minimum atomic E-state index is -0.663. The fourth-order valence-corrected chi connectivity index (χ4v) is 1.81. The summed E-state index contributed by atoms with van der Waals surface area (Å²) in [4.78, 5) is 23.8. The van der Waals surface area contributed by atoms with Crippen LogP contribution in [-0.2, 0) is 4.79 Å². The first-order chi connectivity index (χ1) is 9.97. The molecule has 5 nitrogen and oxygen atoms in total. The summed E-state index contributed by atoms with van der Waals surface area (Å²) in [7, 11) is 0. The van der Waals surface area contributed by atoms with Gasteiger partial charge in [0.15, 0.2) is 5.76 Å². The van der Waals surface area contributed by atoms with E-state index in [1.54, 1.807) is 19.1 Å². The number of hydrogen-bond acceptors (Lipinski definition) is 3. The molecule has 110 valence electrons. The topological polar surface area (TPSA) is 71.3 Å². The van der Waals surface area contributed by atoms with Crippen molar-refractivity contribution in [3.63, 3.8) is 0 Å². The largest absolute Gasteiger partial charge is 0.459 e. The van der Waals surface area contributed by atoms with Crippen LogP contribution in [0.5, 0.6) is 0 Å². The molecule has 21 heavy (non-hydrogen) atoms. The molecule has 2 N–H and O–H groups in total. The van der Waals surface area contributed by atoms with Gasteiger partial charge in [-0.2, -0.15) is 0 Å². The van der Waals surface area contributed by atoms with Gasteiger partial charge in [-0.3, -0.25) is 9.59 Å². The Bertz CT molecular complexity index is 648. The van der Waals surface area contributed by atoms with Gasteiger partial charge in [0, 0.05) is 5.69 Å². The van der Waals surface area contributed by atoms with Crippen LogP contribution < -0.4 is 10.6 Å². The lowest BCUT2D eigenvalue weighted by Crippen LogP contribution is -2.41. The minimum Gasteiger partial charge on any atom is -0.459 e. The summed E-state index contributed by atoms with van der Waals surface area (Å²) in [5.74, 6) is -0.512. The van der Waals surface area contributed by atoms with Crippen molar-refractivity contribution in [3.05, 3.63) is 53.5 Å². The molecule has 1 heterocycles. The fourth-order valence-electron chi connectivity index (χ4n) is 1.81. The van der Waals surface area contributed by atoms with E-state index >= 15 is 0 Å². The predicted molar refractivity (Wildman–Crippen MR) is 80.2 cm³/mol. The lowest BCUT2D eigenvalue weighted by molar-refractivity contribution is -0.117. The van der Waals surface area contributed by atoms with E-state index in [1.807, 2.05) is 32.0 Å². The summed E-state index contributed by atoms with van der Waals surface area (Å²) in [6.45, 7) is 5.61. The second kappa shape index (κ2) is 6.26. The second-order valence-corrected chi connectivity index (χ2v) is 4.96. The highest BCUT2D eigenvalue weighted by Crippen LogP contribution is 2.14. The molecule has 0 radical (unpaired) electrons. The Kier molecular flexibility index (Phi) is 4.42. The Morgan fingerprint density at radius 2 is 1.90 bits per heavy atom. The third-order valence-corrected chi connectivity index (χ3v) is 3.26. The molecule has 0 aliphatic rings. The smallest absolute Gasteiger partial charge is 0.287 e. The maximum Gasteiger partial charge on any atom is 0.287 e. The Hall–Kier alpha value is -2.56. The zero-order chi connectivity index (χ0) is 15.4. The number of hydrogen-bond donors (Lipinski definition) is 2. The van der Waals surface area contributed by atoms with Gasteiger partial charge >= 0.3 is 0 Å². The number of benzene rings is 1. The van der Waals surface area contributed by atoms with Crippen LogP contribution in [0.2, 0.25) is 0 Å². The molecule has 0 spiro atoms. The van der Waals surface area contributed by atoms with E-state index in [0.717, 1.165) is 11.1 Å². The maximum atomic E-state index is 12.1. The van der Waals surface area contributed by atoms with Crippen molar-refractivity contribution in [1.82, 2.24) is 5.32 Å². The first-order valence-corrected chi connectivity index (χ1v) is 6.70. The Labute approximate surface area is 123 Å². The number of aryl methyl sites for hydroxylation is 2. The Morgan fingerprint density at radius 3 is 2.52 bits per heavy atom. The van der Waals surface area contributed by atoms with Crippen LogP contribution in [0.4, 0.5) is 5.69 Å². The van der Waals surface area contributed by atoms with Gasteiger partial charge in [0.05, 0.1) is 6.26 Å². The van der Waals surface area contributed by atoms with Gasteiger partial charge in [0.2, 0.25) is 5.91 Å². The molecular weight excluding hydrogens is 268 g/mol. The molecule has 0 aliphatic heterocycles. The molecule has 5 heteroatoms. The first-order valence-electron chi connectivity index (χ1n) is 6.70. The number of furan rings is 1. The van der Waals surface area contributed by atoms with E-state index in [0.29, 0.717) is 5.69 Å². The summed E-state index contributed by atoms with van der Waals surface area (Å²) in [5, 5.41) is 5.36. The van der Waals surface area contributed by atoms with Gasteiger partial charge in [-0.05, 0) is 56.2 Å². The number of amides is 2. The average molecular weight is 286 g/mol. The highest BCUT2D eigenvalue weighted by Gasteiger charge is 2.18. The monoisotopic (exact) mass is 286 g/mol. The quantitative estimate of drug-likeness (QED) is 0.907. The van der Waals surface area contributed by atoms with Crippen LogP contribution in [0.15, 0.2) is 41.0 Å². The second-order valence-electron chi connectivity index (χ2n) is 4.96. The highest BCUT2D eigenvalue weighted by molar-refractivity contribution is 5.99. The SMILES string of the molecule is Cc1ccc(NC(=O)[C@H](C)NC(=O)c2ccco2)cc1C. The highest BCUT2D eigenvalue weighted by atomic mass is 16.3. The van der Waals surface area contributed by atoms with Crippen molar-refractivity contribution < 1.29 is 14.0 Å². The molecule has 1 atom stereocenters. The van der Waals surface area contributed by atoms with Gasteiger partial charge < -0.3 is 15.1 Å². The number of carbonyl (C=O) groups excluding carboxylic acids is 2. The normalized spacial score (nSPS) is 11.8. The summed E-state index contributed by atoms with van der Waals surface area (Å²) < 4.78 is 4.98. The summed E-state index contributed by atoms with van der Waals surface area (Å²) in [5.41, 5.74) is 2.97. The number of nitrogens with one attached hydrogen (secondary N) is 2. The molecule has 0 fully saturated rings. The molecule has 2 amide bonds. The third-order valence-electron chi connectivity index (χ3n) is 3.26. The van der Waals surface area contributed by atoms with E-state index < -0.39 is 11.9 Å². The van der Waals surface area contributed by atoms with Gasteiger partial charge in [-0.25, -0.2) is 0 Å². The summed E-state index contributed by atoms with van der Waals surface area (Å²) in [6, 6.07) is 8.18. The minimum absolute atomic E-state index is 0.181. The van der Waals surface area contributed by atoms with Gasteiger partial charge in [0.1, 0.15) is 6.04 Å². The molecule has 2 rings (SSSR count). The zero-order valence-electron chi connectivity index (χ0n) is 12.3. The van der Waals surface area contributed by atoms with Gasteiger partial charge in [0.25, 0.3) is 5.91 Å². The molecule has 0 unspecified atom stereocenters. The van der Waals surface area contributed by atoms with E-state index in [9.17, 15) is 9.59 Å². The van der Waals surface area contributed by atoms with Crippen molar-refractivity contribution in [2.45, 2.75) is 26.8 Å². The van der Waals surface area contributed by atoms with Crippen LogP contribution in [0.3, 0.4) is 0 Å². The van der Waals surface area contributed by atoms with Crippen LogP contribution in [0, 0.1) is 13.8 Å². The molecule has 0 saturated carbocycles. The Morgan fingerprint density at radius 1 is 1.14 bits per heavy atom. The van der Waals surface area contributed by atoms with Gasteiger partial charge in [-0.15, -0.1) is 0 Å². The maximum absolute atomic E-state index is 12.1. The predicted octanol–water partition coefficient (Wildman–Crippen LogP) is 2.65. The zero-order valence-corrected chi connectivity index (χ0v) is 12.3. The van der Waals surface area contributed by atoms with Crippen molar-refractivity contribution in [1.29, 1.82) is 0 Å². The summed E-state index contributed by atoms with van der Waals surface area (Å²) >= 11 is 0. The Balaban J connectivity index is 1.96. The molecular formula is C16H18N2O3. The van der Waals surface area contributed by atoms with E-state index in [1.165, 1.54) is 6.26 Å². The lowest BCUT2D eigenvalue weighted by atomic mass is 10.1. The van der Waals surface area contributed by atoms with Crippen molar-refractivity contribution in [2.75, 3.05) is 5.32 Å². The van der Waals surface area contributed by atoms with Gasteiger partial charge in [-0.1, -0.05) is 6.07 Å². The molecule has 1 aromatic carbocycles. The number of carbonyl (C=O) groups is 2. The van der Waals surface area contributed by atoms with Crippen LogP contribution in [0.1, 0.15) is 28.6 Å². The molecule has 1 aromatic heterocycles. The summed E-state index contributed by atoms with van der Waals surface area (Å²) in [6.07, 6.45) is 1.41. The van der Waals surface area contributed by atoms with Crippen LogP contribution >= 0.6 is 0 Å². The van der Waals surface area contributed by atoms with Crippen molar-refractivity contribution >= 4 is 17.5 Å². The van der Waals surface area contributed by atoms with Crippen molar-refractivity contribution in [2.24, 2.45) is 0 Å². The van der Waals surface area contributed by atoms with E-state index in [-0.39, 0.29) is 11.7 Å². The number of rotatable bonds is 4. The van der Waals surface area contributed by atoms with Crippen LogP contribution in [-0.4, -0.2) is 17.9 Å². The van der Waals surface area contributed by atoms with Crippen LogP contribution in [0.25, 0.3) is 0 Å². The average Bonchev–Trinajstić information content (AvgIpc) is 2.97. The molecule has 0 bridgehead atoms. The lowest BCUT2D eigenvalue weighted by Gasteiger charge is -2.14. The third kappa shape index (κ3) is 3.72. The molecule has 2 aromatic rings. The van der Waals surface area contributed by atoms with Crippen molar-refractivity contribution in [3.8, 4) is 0 Å². The van der Waals surface area contributed by atoms with E-state index in [4.69, 9.17) is 4.42 Å².